The summed E-state index contributed by atoms with van der Waals surface area (Å²) in [6.45, 7) is 2.57. The van der Waals surface area contributed by atoms with Crippen molar-refractivity contribution in [1.29, 1.82) is 5.26 Å². The maximum Gasteiger partial charge on any atom is 0.156 e. The van der Waals surface area contributed by atoms with Crippen LogP contribution >= 0.6 is 23.1 Å². The molecule has 0 amide bonds. The number of para-hydroxylation sites is 1. The molecule has 0 spiro atoms. The first-order valence-corrected chi connectivity index (χ1v) is 8.80. The van der Waals surface area contributed by atoms with E-state index in [1.807, 2.05) is 61.5 Å². The summed E-state index contributed by atoms with van der Waals surface area (Å²) in [7, 11) is 0. The Hall–Kier alpha value is -2.29. The molecule has 0 aliphatic carbocycles. The van der Waals surface area contributed by atoms with Crippen LogP contribution in [0, 0.1) is 11.3 Å². The Morgan fingerprint density at radius 2 is 2.17 bits per heavy atom. The fraction of sp³-hybridized carbons (Fsp3) is 0.111. The molecule has 0 unspecified atom stereocenters. The zero-order chi connectivity index (χ0) is 16.1. The fourth-order valence-corrected chi connectivity index (χ4v) is 4.06. The minimum absolute atomic E-state index is 0.609. The Labute approximate surface area is 143 Å². The number of ether oxygens (including phenoxy) is 1. The van der Waals surface area contributed by atoms with Gasteiger partial charge in [0.15, 0.2) is 4.34 Å². The number of fused-ring (bicyclic) bond motifs is 1. The highest BCUT2D eigenvalue weighted by Gasteiger charge is 2.07. The number of hydrogen-bond acceptors (Lipinski definition) is 5. The zero-order valence-corrected chi connectivity index (χ0v) is 14.2. The average Bonchev–Trinajstić information content (AvgIpc) is 2.97. The predicted octanol–water partition coefficient (Wildman–Crippen LogP) is 5.35. The lowest BCUT2D eigenvalue weighted by atomic mass is 10.2. The number of nitriles is 1. The molecule has 3 aromatic rings. The first-order valence-electron chi connectivity index (χ1n) is 7.16. The van der Waals surface area contributed by atoms with E-state index in [1.54, 1.807) is 11.3 Å². The summed E-state index contributed by atoms with van der Waals surface area (Å²) in [6, 6.07) is 18.0. The lowest BCUT2D eigenvalue weighted by molar-refractivity contribution is 0.340. The molecule has 0 radical (unpaired) electrons. The molecule has 0 saturated carbocycles. The third-order valence-electron chi connectivity index (χ3n) is 3.05. The number of hydrogen-bond donors (Lipinski definition) is 0. The van der Waals surface area contributed by atoms with E-state index in [4.69, 9.17) is 4.74 Å². The Bertz CT molecular complexity index is 860. The van der Waals surface area contributed by atoms with Crippen LogP contribution < -0.4 is 4.74 Å². The van der Waals surface area contributed by atoms with Crippen LogP contribution in [0.1, 0.15) is 12.5 Å². The number of nitrogens with zero attached hydrogens (tertiary/aromatic N) is 2. The SMILES string of the molecule is CCOc1cccc(C=C(C#N)Sc2nc3ccccc3s2)c1. The molecule has 1 aromatic heterocycles. The maximum atomic E-state index is 9.40. The van der Waals surface area contributed by atoms with Crippen LogP contribution in [0.25, 0.3) is 16.3 Å². The van der Waals surface area contributed by atoms with Gasteiger partial charge in [-0.15, -0.1) is 11.3 Å². The normalized spacial score (nSPS) is 11.4. The molecule has 0 atom stereocenters. The molecule has 0 aliphatic heterocycles. The second-order valence-electron chi connectivity index (χ2n) is 4.68. The Morgan fingerprint density at radius 3 is 2.96 bits per heavy atom. The molecule has 0 aliphatic rings. The van der Waals surface area contributed by atoms with Crippen molar-refractivity contribution in [2.24, 2.45) is 0 Å². The van der Waals surface area contributed by atoms with Gasteiger partial charge in [-0.2, -0.15) is 5.26 Å². The Kier molecular flexibility index (Phi) is 4.96. The average molecular weight is 338 g/mol. The second kappa shape index (κ2) is 7.32. The van der Waals surface area contributed by atoms with Crippen LogP contribution in [0.5, 0.6) is 5.75 Å². The minimum atomic E-state index is 0.609. The Balaban J connectivity index is 1.84. The van der Waals surface area contributed by atoms with Gasteiger partial charge in [0.05, 0.1) is 21.7 Å². The van der Waals surface area contributed by atoms with Crippen LogP contribution in [0.2, 0.25) is 0 Å². The van der Waals surface area contributed by atoms with Gasteiger partial charge in [-0.05, 0) is 54.6 Å². The summed E-state index contributed by atoms with van der Waals surface area (Å²) in [6.07, 6.45) is 1.86. The summed E-state index contributed by atoms with van der Waals surface area (Å²) in [5.74, 6) is 0.809. The molecule has 3 nitrogen and oxygen atoms in total. The van der Waals surface area contributed by atoms with E-state index in [9.17, 15) is 5.26 Å². The van der Waals surface area contributed by atoms with E-state index in [0.29, 0.717) is 11.5 Å². The van der Waals surface area contributed by atoms with E-state index in [0.717, 1.165) is 25.9 Å². The summed E-state index contributed by atoms with van der Waals surface area (Å²) in [5.41, 5.74) is 1.91. The van der Waals surface area contributed by atoms with Gasteiger partial charge < -0.3 is 4.74 Å². The number of thiazole rings is 1. The van der Waals surface area contributed by atoms with Gasteiger partial charge in [0, 0.05) is 0 Å². The smallest absolute Gasteiger partial charge is 0.156 e. The van der Waals surface area contributed by atoms with E-state index in [1.165, 1.54) is 11.8 Å². The zero-order valence-electron chi connectivity index (χ0n) is 12.5. The van der Waals surface area contributed by atoms with Crippen LogP contribution in [-0.4, -0.2) is 11.6 Å². The summed E-state index contributed by atoms with van der Waals surface area (Å²) in [5, 5.41) is 9.40. The van der Waals surface area contributed by atoms with Crippen LogP contribution in [0.3, 0.4) is 0 Å². The molecule has 0 N–H and O–H groups in total. The van der Waals surface area contributed by atoms with Gasteiger partial charge in [-0.25, -0.2) is 4.98 Å². The maximum absolute atomic E-state index is 9.40. The standard InChI is InChI=1S/C18H14N2OS2/c1-2-21-14-7-5-6-13(10-14)11-15(12-19)22-18-20-16-8-3-4-9-17(16)23-18/h3-11H,2H2,1H3. The molecule has 0 fully saturated rings. The highest BCUT2D eigenvalue weighted by molar-refractivity contribution is 8.05. The molecule has 2 aromatic carbocycles. The third-order valence-corrected chi connectivity index (χ3v) is 5.07. The molecule has 0 bridgehead atoms. The van der Waals surface area contributed by atoms with Gasteiger partial charge in [-0.3, -0.25) is 0 Å². The van der Waals surface area contributed by atoms with Crippen molar-refractivity contribution in [3.63, 3.8) is 0 Å². The van der Waals surface area contributed by atoms with Crippen molar-refractivity contribution in [3.8, 4) is 11.8 Å². The number of rotatable bonds is 5. The molecular formula is C18H14N2OS2. The monoisotopic (exact) mass is 338 g/mol. The van der Waals surface area contributed by atoms with E-state index in [2.05, 4.69) is 11.1 Å². The van der Waals surface area contributed by atoms with Gasteiger partial charge in [0.25, 0.3) is 0 Å². The number of benzene rings is 2. The van der Waals surface area contributed by atoms with Gasteiger partial charge in [0.1, 0.15) is 11.8 Å². The lowest BCUT2D eigenvalue weighted by Crippen LogP contribution is -1.90. The van der Waals surface area contributed by atoms with Crippen molar-refractivity contribution in [2.45, 2.75) is 11.3 Å². The molecular weight excluding hydrogens is 324 g/mol. The van der Waals surface area contributed by atoms with E-state index >= 15 is 0 Å². The molecule has 114 valence electrons. The lowest BCUT2D eigenvalue weighted by Gasteiger charge is -2.03. The van der Waals surface area contributed by atoms with Crippen LogP contribution in [0.15, 0.2) is 57.8 Å². The highest BCUT2D eigenvalue weighted by Crippen LogP contribution is 2.34. The van der Waals surface area contributed by atoms with Crippen molar-refractivity contribution in [3.05, 3.63) is 59.0 Å². The largest absolute Gasteiger partial charge is 0.494 e. The second-order valence-corrected chi connectivity index (χ2v) is 7.00. The highest BCUT2D eigenvalue weighted by atomic mass is 32.2. The van der Waals surface area contributed by atoms with Gasteiger partial charge in [0.2, 0.25) is 0 Å². The number of aromatic nitrogens is 1. The quantitative estimate of drug-likeness (QED) is 0.464. The van der Waals surface area contributed by atoms with Crippen LogP contribution in [-0.2, 0) is 0 Å². The molecule has 23 heavy (non-hydrogen) atoms. The number of allylic oxidation sites excluding steroid dienone is 1. The summed E-state index contributed by atoms with van der Waals surface area (Å²) < 4.78 is 7.50. The van der Waals surface area contributed by atoms with E-state index in [-0.39, 0.29) is 0 Å². The minimum Gasteiger partial charge on any atom is -0.494 e. The van der Waals surface area contributed by atoms with Gasteiger partial charge in [-0.1, -0.05) is 24.3 Å². The van der Waals surface area contributed by atoms with Gasteiger partial charge >= 0.3 is 0 Å². The first-order chi connectivity index (χ1) is 11.3. The van der Waals surface area contributed by atoms with E-state index < -0.39 is 0 Å². The Morgan fingerprint density at radius 1 is 1.30 bits per heavy atom. The molecule has 1 heterocycles. The molecule has 3 rings (SSSR count). The third kappa shape index (κ3) is 3.92. The van der Waals surface area contributed by atoms with Crippen molar-refractivity contribution in [2.75, 3.05) is 6.61 Å². The van der Waals surface area contributed by atoms with Crippen molar-refractivity contribution >= 4 is 39.4 Å². The molecule has 5 heteroatoms. The summed E-state index contributed by atoms with van der Waals surface area (Å²) >= 11 is 2.99. The predicted molar refractivity (Wildman–Crippen MR) is 96.7 cm³/mol. The van der Waals surface area contributed by atoms with Crippen molar-refractivity contribution in [1.82, 2.24) is 4.98 Å². The first kappa shape index (κ1) is 15.6. The van der Waals surface area contributed by atoms with Crippen molar-refractivity contribution < 1.29 is 4.74 Å². The molecule has 0 saturated heterocycles. The fourth-order valence-electron chi connectivity index (χ4n) is 2.09. The van der Waals surface area contributed by atoms with Crippen LogP contribution in [0.4, 0.5) is 0 Å². The number of thioether (sulfide) groups is 1. The summed E-state index contributed by atoms with van der Waals surface area (Å²) in [4.78, 5) is 5.16. The topological polar surface area (TPSA) is 45.9 Å².